The number of H-pyrrole nitrogens is 1. The molecular weight excluding hydrogens is 435 g/mol. The van der Waals surface area contributed by atoms with Crippen molar-refractivity contribution in [3.8, 4) is 5.75 Å². The Morgan fingerprint density at radius 3 is 2.53 bits per heavy atom. The summed E-state index contributed by atoms with van der Waals surface area (Å²) < 4.78 is 18.6. The van der Waals surface area contributed by atoms with Crippen molar-refractivity contribution < 1.29 is 13.9 Å². The number of rotatable bonds is 6. The van der Waals surface area contributed by atoms with Crippen molar-refractivity contribution in [2.24, 2.45) is 4.99 Å². The van der Waals surface area contributed by atoms with Crippen LogP contribution in [-0.4, -0.2) is 40.5 Å². The number of fused-ring (bicyclic) bond motifs is 1. The molecule has 0 unspecified atom stereocenters. The Balaban J connectivity index is 1.55. The van der Waals surface area contributed by atoms with E-state index < -0.39 is 11.7 Å². The van der Waals surface area contributed by atoms with E-state index in [-0.39, 0.29) is 5.96 Å². The van der Waals surface area contributed by atoms with Crippen molar-refractivity contribution in [3.05, 3.63) is 83.1 Å². The minimum absolute atomic E-state index is 0.205. The van der Waals surface area contributed by atoms with Crippen LogP contribution in [0, 0.1) is 19.7 Å². The molecule has 9 heteroatoms. The molecule has 2 aromatic heterocycles. The Kier molecular flexibility index (Phi) is 6.82. The molecule has 2 aromatic carbocycles. The molecule has 3 N–H and O–H groups in total. The summed E-state index contributed by atoms with van der Waals surface area (Å²) in [6, 6.07) is 13.0. The Hall–Kier alpha value is -4.27. The summed E-state index contributed by atoms with van der Waals surface area (Å²) in [7, 11) is 1.63. The average molecular weight is 461 g/mol. The first kappa shape index (κ1) is 22.9. The highest BCUT2D eigenvalue weighted by Crippen LogP contribution is 2.24. The number of guanidine groups is 1. The van der Waals surface area contributed by atoms with Crippen LogP contribution in [0.5, 0.6) is 5.75 Å². The van der Waals surface area contributed by atoms with Gasteiger partial charge in [-0.25, -0.2) is 14.4 Å². The van der Waals surface area contributed by atoms with E-state index in [9.17, 15) is 9.18 Å². The minimum Gasteiger partial charge on any atom is -0.497 e. The van der Waals surface area contributed by atoms with Crippen LogP contribution in [0.3, 0.4) is 0 Å². The highest BCUT2D eigenvalue weighted by molar-refractivity contribution is 6.09. The standard InChI is InChI=1S/C25H25FN6O2/c1-15-12-16(2)30-25(29-15)32-24(31-23(33)17-4-6-19(26)7-5-17)27-11-10-18-14-28-22-9-8-20(34-3)13-21(18)22/h4-9,12-14,28H,10-11H2,1-3H3,(H2,27,29,30,31,32,33). The highest BCUT2D eigenvalue weighted by atomic mass is 19.1. The normalized spacial score (nSPS) is 11.5. The van der Waals surface area contributed by atoms with E-state index in [1.165, 1.54) is 24.3 Å². The first-order valence-electron chi connectivity index (χ1n) is 10.8. The number of nitrogens with zero attached hydrogens (tertiary/aromatic N) is 3. The number of aliphatic imine (C=N–C) groups is 1. The Morgan fingerprint density at radius 2 is 1.82 bits per heavy atom. The van der Waals surface area contributed by atoms with Crippen molar-refractivity contribution in [2.75, 3.05) is 19.0 Å². The predicted molar refractivity (Wildman–Crippen MR) is 130 cm³/mol. The van der Waals surface area contributed by atoms with Crippen LogP contribution in [0.4, 0.5) is 10.3 Å². The van der Waals surface area contributed by atoms with Gasteiger partial charge >= 0.3 is 0 Å². The number of hydrogen-bond acceptors (Lipinski definition) is 5. The maximum absolute atomic E-state index is 13.2. The third-order valence-corrected chi connectivity index (χ3v) is 5.18. The van der Waals surface area contributed by atoms with E-state index >= 15 is 0 Å². The monoisotopic (exact) mass is 460 g/mol. The fourth-order valence-corrected chi connectivity index (χ4v) is 3.56. The molecule has 0 aliphatic heterocycles. The van der Waals surface area contributed by atoms with E-state index in [2.05, 4.69) is 30.6 Å². The lowest BCUT2D eigenvalue weighted by atomic mass is 10.1. The van der Waals surface area contributed by atoms with Gasteiger partial charge in [0.15, 0.2) is 0 Å². The number of aryl methyl sites for hydroxylation is 2. The molecule has 34 heavy (non-hydrogen) atoms. The van der Waals surface area contributed by atoms with Gasteiger partial charge in [-0.3, -0.25) is 20.4 Å². The second-order valence-electron chi connectivity index (χ2n) is 7.77. The van der Waals surface area contributed by atoms with Crippen LogP contribution in [0.25, 0.3) is 10.9 Å². The van der Waals surface area contributed by atoms with Crippen molar-refractivity contribution in [1.82, 2.24) is 20.3 Å². The van der Waals surface area contributed by atoms with E-state index in [0.29, 0.717) is 24.5 Å². The molecule has 4 rings (SSSR count). The number of benzene rings is 2. The lowest BCUT2D eigenvalue weighted by Crippen LogP contribution is -2.37. The Bertz CT molecular complexity index is 1330. The number of hydrogen-bond donors (Lipinski definition) is 3. The molecule has 174 valence electrons. The summed E-state index contributed by atoms with van der Waals surface area (Å²) in [6.07, 6.45) is 2.56. The molecule has 0 fully saturated rings. The van der Waals surface area contributed by atoms with Gasteiger partial charge < -0.3 is 9.72 Å². The summed E-state index contributed by atoms with van der Waals surface area (Å²) in [5, 5.41) is 6.80. The van der Waals surface area contributed by atoms with Gasteiger partial charge in [-0.1, -0.05) is 0 Å². The number of halogens is 1. The predicted octanol–water partition coefficient (Wildman–Crippen LogP) is 4.16. The number of aromatic nitrogens is 3. The molecular formula is C25H25FN6O2. The summed E-state index contributed by atoms with van der Waals surface area (Å²) in [5.74, 6) is 0.469. The second kappa shape index (κ2) is 10.1. The fraction of sp³-hybridized carbons (Fsp3) is 0.200. The van der Waals surface area contributed by atoms with Crippen molar-refractivity contribution in [2.45, 2.75) is 20.3 Å². The first-order chi connectivity index (χ1) is 16.4. The summed E-state index contributed by atoms with van der Waals surface area (Å²) in [6.45, 7) is 4.11. The smallest absolute Gasteiger partial charge is 0.257 e. The zero-order chi connectivity index (χ0) is 24.1. The zero-order valence-corrected chi connectivity index (χ0v) is 19.1. The SMILES string of the molecule is COc1ccc2[nH]cc(CCN=C(NC(=O)c3ccc(F)cc3)Nc3nc(C)cc(C)n3)c2c1. The number of methoxy groups -OCH3 is 1. The number of nitrogens with one attached hydrogen (secondary N) is 3. The van der Waals surface area contributed by atoms with Gasteiger partial charge in [0, 0.05) is 40.6 Å². The Morgan fingerprint density at radius 1 is 1.09 bits per heavy atom. The number of carbonyl (C=O) groups excluding carboxylic acids is 1. The lowest BCUT2D eigenvalue weighted by Gasteiger charge is -2.12. The van der Waals surface area contributed by atoms with E-state index in [1.54, 1.807) is 7.11 Å². The van der Waals surface area contributed by atoms with Gasteiger partial charge in [0.2, 0.25) is 11.9 Å². The highest BCUT2D eigenvalue weighted by Gasteiger charge is 2.12. The van der Waals surface area contributed by atoms with Crippen molar-refractivity contribution in [3.63, 3.8) is 0 Å². The summed E-state index contributed by atoms with van der Waals surface area (Å²) >= 11 is 0. The zero-order valence-electron chi connectivity index (χ0n) is 19.1. The molecule has 4 aromatic rings. The third-order valence-electron chi connectivity index (χ3n) is 5.18. The number of aromatic amines is 1. The van der Waals surface area contributed by atoms with Crippen LogP contribution in [0.2, 0.25) is 0 Å². The molecule has 0 atom stereocenters. The van der Waals surface area contributed by atoms with Gasteiger partial charge in [-0.2, -0.15) is 0 Å². The minimum atomic E-state index is -0.424. The number of amides is 1. The van der Waals surface area contributed by atoms with Crippen LogP contribution in [0.15, 0.2) is 59.7 Å². The molecule has 0 saturated heterocycles. The van der Waals surface area contributed by atoms with Crippen LogP contribution in [-0.2, 0) is 6.42 Å². The second-order valence-corrected chi connectivity index (χ2v) is 7.77. The van der Waals surface area contributed by atoms with Crippen LogP contribution in [0.1, 0.15) is 27.3 Å². The van der Waals surface area contributed by atoms with E-state index in [1.807, 2.05) is 44.3 Å². The molecule has 0 bridgehead atoms. The molecule has 0 saturated carbocycles. The maximum Gasteiger partial charge on any atom is 0.257 e. The fourth-order valence-electron chi connectivity index (χ4n) is 3.56. The third kappa shape index (κ3) is 5.55. The van der Waals surface area contributed by atoms with Crippen LogP contribution >= 0.6 is 0 Å². The van der Waals surface area contributed by atoms with Gasteiger partial charge in [0.25, 0.3) is 5.91 Å². The largest absolute Gasteiger partial charge is 0.497 e. The van der Waals surface area contributed by atoms with Gasteiger partial charge in [-0.05, 0) is 74.4 Å². The Labute approximate surface area is 196 Å². The molecule has 1 amide bonds. The molecule has 0 radical (unpaired) electrons. The molecule has 2 heterocycles. The molecule has 0 aliphatic carbocycles. The summed E-state index contributed by atoms with van der Waals surface area (Å²) in [5.41, 5.74) is 3.95. The maximum atomic E-state index is 13.2. The quantitative estimate of drug-likeness (QED) is 0.296. The van der Waals surface area contributed by atoms with Crippen molar-refractivity contribution in [1.29, 1.82) is 0 Å². The summed E-state index contributed by atoms with van der Waals surface area (Å²) in [4.78, 5) is 29.2. The molecule has 0 spiro atoms. The molecule has 8 nitrogen and oxygen atoms in total. The lowest BCUT2D eigenvalue weighted by molar-refractivity contribution is 0.0977. The number of ether oxygens (including phenoxy) is 1. The van der Waals surface area contributed by atoms with Gasteiger partial charge in [-0.15, -0.1) is 0 Å². The number of anilines is 1. The molecule has 0 aliphatic rings. The van der Waals surface area contributed by atoms with Crippen LogP contribution < -0.4 is 15.4 Å². The van der Waals surface area contributed by atoms with Gasteiger partial charge in [0.1, 0.15) is 11.6 Å². The average Bonchev–Trinajstić information content (AvgIpc) is 3.20. The van der Waals surface area contributed by atoms with Crippen molar-refractivity contribution >= 4 is 28.7 Å². The van der Waals surface area contributed by atoms with E-state index in [0.717, 1.165) is 33.6 Å². The first-order valence-corrected chi connectivity index (χ1v) is 10.8. The topological polar surface area (TPSA) is 104 Å². The van der Waals surface area contributed by atoms with Gasteiger partial charge in [0.05, 0.1) is 7.11 Å². The number of carbonyl (C=O) groups is 1. The van der Waals surface area contributed by atoms with E-state index in [4.69, 9.17) is 4.74 Å².